The normalized spacial score (nSPS) is 20.8. The molecule has 3 nitrogen and oxygen atoms in total. The van der Waals surface area contributed by atoms with E-state index in [1.165, 1.54) is 0 Å². The molecule has 1 saturated heterocycles. The Bertz CT molecular complexity index is 491. The molecule has 1 fully saturated rings. The minimum absolute atomic E-state index is 0.348. The lowest BCUT2D eigenvalue weighted by Crippen LogP contribution is -2.41. The summed E-state index contributed by atoms with van der Waals surface area (Å²) < 4.78 is 12.2. The van der Waals surface area contributed by atoms with E-state index in [1.54, 1.807) is 0 Å². The summed E-state index contributed by atoms with van der Waals surface area (Å²) in [5.74, 6) is 0. The average Bonchev–Trinajstić information content (AvgIpc) is 2.67. The average molecular weight is 290 g/mol. The van der Waals surface area contributed by atoms with E-state index >= 15 is 0 Å². The van der Waals surface area contributed by atoms with Crippen molar-refractivity contribution in [1.82, 2.24) is 0 Å². The van der Waals surface area contributed by atoms with E-state index in [0.29, 0.717) is 12.8 Å². The van der Waals surface area contributed by atoms with E-state index in [2.05, 4.69) is 0 Å². The number of rotatable bonds is 4. The van der Waals surface area contributed by atoms with Gasteiger partial charge in [-0.15, -0.1) is 0 Å². The van der Waals surface area contributed by atoms with Crippen LogP contribution < -0.4 is 5.46 Å². The van der Waals surface area contributed by atoms with Crippen molar-refractivity contribution in [1.29, 1.82) is 0 Å². The summed E-state index contributed by atoms with van der Waals surface area (Å²) in [6.07, 6.45) is 1.38. The van der Waals surface area contributed by atoms with Gasteiger partial charge >= 0.3 is 7.12 Å². The molecule has 0 amide bonds. The monoisotopic (exact) mass is 290 g/mol. The van der Waals surface area contributed by atoms with Crippen LogP contribution in [-0.4, -0.2) is 23.4 Å². The Kier molecular flexibility index (Phi) is 4.27. The first-order chi connectivity index (χ1) is 9.65. The summed E-state index contributed by atoms with van der Waals surface area (Å²) in [5.41, 5.74) is 0.421. The van der Waals surface area contributed by atoms with E-state index < -0.39 is 5.60 Å². The van der Waals surface area contributed by atoms with Gasteiger partial charge in [0.05, 0.1) is 16.8 Å². The third-order valence-corrected chi connectivity index (χ3v) is 5.12. The van der Waals surface area contributed by atoms with Gasteiger partial charge in [0.1, 0.15) is 0 Å². The fraction of sp³-hybridized carbons (Fsp3) is 0.647. The minimum atomic E-state index is -0.778. The Morgan fingerprint density at radius 2 is 1.57 bits per heavy atom. The van der Waals surface area contributed by atoms with Crippen molar-refractivity contribution in [2.45, 2.75) is 71.2 Å². The molecular formula is C17H27BO3. The van der Waals surface area contributed by atoms with Gasteiger partial charge in [0, 0.05) is 0 Å². The molecule has 1 heterocycles. The number of benzene rings is 1. The second-order valence-electron chi connectivity index (χ2n) is 6.95. The molecule has 1 aromatic rings. The minimum Gasteiger partial charge on any atom is -0.399 e. The third-order valence-electron chi connectivity index (χ3n) is 5.12. The van der Waals surface area contributed by atoms with Gasteiger partial charge in [0.15, 0.2) is 0 Å². The maximum absolute atomic E-state index is 10.7. The molecule has 0 unspecified atom stereocenters. The number of aliphatic hydroxyl groups is 1. The molecule has 2 rings (SSSR count). The Hall–Kier alpha value is -0.835. The smallest absolute Gasteiger partial charge is 0.399 e. The van der Waals surface area contributed by atoms with Crippen LogP contribution in [0.2, 0.25) is 0 Å². The van der Waals surface area contributed by atoms with Crippen LogP contribution in [0.1, 0.15) is 59.9 Å². The highest BCUT2D eigenvalue weighted by molar-refractivity contribution is 6.62. The van der Waals surface area contributed by atoms with Crippen LogP contribution in [0.5, 0.6) is 0 Å². The van der Waals surface area contributed by atoms with Gasteiger partial charge in [-0.2, -0.15) is 0 Å². The Morgan fingerprint density at radius 3 is 2.05 bits per heavy atom. The fourth-order valence-corrected chi connectivity index (χ4v) is 2.61. The predicted molar refractivity (Wildman–Crippen MR) is 86.6 cm³/mol. The summed E-state index contributed by atoms with van der Waals surface area (Å²) in [7, 11) is -0.382. The first-order valence-electron chi connectivity index (χ1n) is 7.83. The zero-order valence-electron chi connectivity index (χ0n) is 14.1. The Morgan fingerprint density at radius 1 is 1.05 bits per heavy atom. The van der Waals surface area contributed by atoms with Crippen LogP contribution >= 0.6 is 0 Å². The van der Waals surface area contributed by atoms with Gasteiger partial charge < -0.3 is 14.4 Å². The highest BCUT2D eigenvalue weighted by Gasteiger charge is 2.51. The van der Waals surface area contributed by atoms with Crippen molar-refractivity contribution in [3.05, 3.63) is 29.8 Å². The maximum atomic E-state index is 10.7. The van der Waals surface area contributed by atoms with E-state index in [-0.39, 0.29) is 18.3 Å². The van der Waals surface area contributed by atoms with Crippen LogP contribution in [-0.2, 0) is 14.9 Å². The molecular weight excluding hydrogens is 263 g/mol. The SMILES string of the molecule is CCC(O)(CC)c1cccc(B2OC(C)(C)C(C)(C)O2)c1. The fourth-order valence-electron chi connectivity index (χ4n) is 2.61. The number of hydrogen-bond donors (Lipinski definition) is 1. The van der Waals surface area contributed by atoms with Gasteiger partial charge in [-0.25, -0.2) is 0 Å². The standard InChI is InChI=1S/C17H27BO3/c1-7-17(19,8-2)13-10-9-11-14(12-13)18-20-15(3,4)16(5,6)21-18/h9-12,19H,7-8H2,1-6H3. The molecule has 1 aromatic carbocycles. The lowest BCUT2D eigenvalue weighted by atomic mass is 9.76. The highest BCUT2D eigenvalue weighted by Crippen LogP contribution is 2.37. The van der Waals surface area contributed by atoms with Crippen LogP contribution in [0.25, 0.3) is 0 Å². The van der Waals surface area contributed by atoms with Crippen molar-refractivity contribution in [2.75, 3.05) is 0 Å². The van der Waals surface area contributed by atoms with Gasteiger partial charge in [0.2, 0.25) is 0 Å². The van der Waals surface area contributed by atoms with Crippen molar-refractivity contribution in [3.8, 4) is 0 Å². The van der Waals surface area contributed by atoms with Gasteiger partial charge in [-0.1, -0.05) is 38.1 Å². The van der Waals surface area contributed by atoms with Crippen LogP contribution in [0.4, 0.5) is 0 Å². The lowest BCUT2D eigenvalue weighted by molar-refractivity contribution is 0.00578. The summed E-state index contributed by atoms with van der Waals surface area (Å²) in [5, 5.41) is 10.7. The molecule has 1 aliphatic rings. The summed E-state index contributed by atoms with van der Waals surface area (Å²) in [6.45, 7) is 12.2. The molecule has 4 heteroatoms. The summed E-state index contributed by atoms with van der Waals surface area (Å²) in [6, 6.07) is 7.94. The first-order valence-corrected chi connectivity index (χ1v) is 7.83. The molecule has 0 radical (unpaired) electrons. The van der Waals surface area contributed by atoms with Crippen LogP contribution in [0.15, 0.2) is 24.3 Å². The summed E-state index contributed by atoms with van der Waals surface area (Å²) >= 11 is 0. The Labute approximate surface area is 128 Å². The molecule has 0 saturated carbocycles. The van der Waals surface area contributed by atoms with Crippen LogP contribution in [0.3, 0.4) is 0 Å². The van der Waals surface area contributed by atoms with Crippen molar-refractivity contribution in [2.24, 2.45) is 0 Å². The molecule has 1 aliphatic heterocycles. The lowest BCUT2D eigenvalue weighted by Gasteiger charge is -2.32. The highest BCUT2D eigenvalue weighted by atomic mass is 16.7. The predicted octanol–water partition coefficient (Wildman–Crippen LogP) is 2.99. The van der Waals surface area contributed by atoms with Crippen molar-refractivity contribution >= 4 is 12.6 Å². The topological polar surface area (TPSA) is 38.7 Å². The van der Waals surface area contributed by atoms with E-state index in [4.69, 9.17) is 9.31 Å². The third kappa shape index (κ3) is 2.89. The molecule has 0 aliphatic carbocycles. The largest absolute Gasteiger partial charge is 0.494 e. The molecule has 116 valence electrons. The quantitative estimate of drug-likeness (QED) is 0.866. The van der Waals surface area contributed by atoms with Gasteiger partial charge in [-0.3, -0.25) is 0 Å². The molecule has 1 N–H and O–H groups in total. The van der Waals surface area contributed by atoms with E-state index in [0.717, 1.165) is 11.0 Å². The molecule has 0 atom stereocenters. The maximum Gasteiger partial charge on any atom is 0.494 e. The molecule has 0 aromatic heterocycles. The van der Waals surface area contributed by atoms with Crippen molar-refractivity contribution < 1.29 is 14.4 Å². The molecule has 0 spiro atoms. The van der Waals surface area contributed by atoms with E-state index in [9.17, 15) is 5.11 Å². The zero-order valence-corrected chi connectivity index (χ0v) is 14.1. The molecule has 0 bridgehead atoms. The number of hydrogen-bond acceptors (Lipinski definition) is 3. The second kappa shape index (κ2) is 5.42. The van der Waals surface area contributed by atoms with Gasteiger partial charge in [-0.05, 0) is 51.6 Å². The first kappa shape index (κ1) is 16.5. The molecule has 21 heavy (non-hydrogen) atoms. The second-order valence-corrected chi connectivity index (χ2v) is 6.95. The van der Waals surface area contributed by atoms with Crippen LogP contribution in [0, 0.1) is 0 Å². The summed E-state index contributed by atoms with van der Waals surface area (Å²) in [4.78, 5) is 0. The van der Waals surface area contributed by atoms with Gasteiger partial charge in [0.25, 0.3) is 0 Å². The Balaban J connectivity index is 2.32. The zero-order chi connectivity index (χ0) is 15.9. The van der Waals surface area contributed by atoms with Crippen molar-refractivity contribution in [3.63, 3.8) is 0 Å². The van der Waals surface area contributed by atoms with E-state index in [1.807, 2.05) is 65.8 Å².